The van der Waals surface area contributed by atoms with Gasteiger partial charge >= 0.3 is 0 Å². The second-order valence-electron chi connectivity index (χ2n) is 17.4. The van der Waals surface area contributed by atoms with Gasteiger partial charge in [-0.05, 0) is 138 Å². The first kappa shape index (κ1) is 49.6. The first-order valence-corrected chi connectivity index (χ1v) is 27.1. The van der Waals surface area contributed by atoms with E-state index in [0.717, 1.165) is 25.7 Å². The minimum atomic E-state index is -2.04. The first-order valence-electron chi connectivity index (χ1n) is 23.5. The third-order valence-corrected chi connectivity index (χ3v) is 21.4. The Morgan fingerprint density at radius 1 is 0.354 bits per heavy atom. The summed E-state index contributed by atoms with van der Waals surface area (Å²) in [6, 6.07) is 67.1. The molecule has 6 aromatic carbocycles. The molecule has 0 aromatic heterocycles. The van der Waals surface area contributed by atoms with Gasteiger partial charge in [0.2, 0.25) is 0 Å². The van der Waals surface area contributed by atoms with Crippen molar-refractivity contribution in [3.63, 3.8) is 0 Å². The molecule has 0 spiro atoms. The monoisotopic (exact) mass is 962 g/mol. The number of hydrogen-bond donors (Lipinski definition) is 0. The highest BCUT2D eigenvalue weighted by atomic mass is 79.9. The summed E-state index contributed by atoms with van der Waals surface area (Å²) in [7, 11) is -4.09. The van der Waals surface area contributed by atoms with Crippen molar-refractivity contribution < 1.29 is 9.47 Å². The summed E-state index contributed by atoms with van der Waals surface area (Å²) in [5, 5.41) is 11.5. The molecule has 0 aliphatic heterocycles. The van der Waals surface area contributed by atoms with Crippen LogP contribution in [0.15, 0.2) is 227 Å². The van der Waals surface area contributed by atoms with Crippen molar-refractivity contribution in [2.75, 3.05) is 13.2 Å². The molecule has 0 saturated heterocycles. The largest absolute Gasteiger partial charge is 0.490 e. The number of rotatable bonds is 14. The van der Waals surface area contributed by atoms with E-state index in [-0.39, 0.29) is 17.0 Å². The van der Waals surface area contributed by atoms with E-state index in [0.29, 0.717) is 13.2 Å². The number of hydrogen-bond acceptors (Lipinski definition) is 2. The van der Waals surface area contributed by atoms with Crippen LogP contribution in [-0.4, -0.2) is 13.2 Å². The molecular weight excluding hydrogens is 895 g/mol. The second-order valence-corrected chi connectivity index (χ2v) is 24.3. The maximum atomic E-state index is 6.59. The fraction of sp³-hybridized carbons (Fsp3) is 0.267. The van der Waals surface area contributed by atoms with Crippen LogP contribution in [0, 0.1) is 0 Å². The summed E-state index contributed by atoms with van der Waals surface area (Å²) >= 11 is 0. The number of ether oxygens (including phenoxy) is 2. The summed E-state index contributed by atoms with van der Waals surface area (Å²) < 4.78 is 13.2. The van der Waals surface area contributed by atoms with Crippen LogP contribution in [0.25, 0.3) is 0 Å². The van der Waals surface area contributed by atoms with Crippen LogP contribution in [0.4, 0.5) is 0 Å². The van der Waals surface area contributed by atoms with E-state index >= 15 is 0 Å². The lowest BCUT2D eigenvalue weighted by molar-refractivity contribution is 0.232. The Morgan fingerprint density at radius 2 is 0.585 bits per heavy atom. The third-order valence-electron chi connectivity index (χ3n) is 12.4. The molecule has 8 rings (SSSR count). The van der Waals surface area contributed by atoms with Gasteiger partial charge in [-0.1, -0.05) is 133 Å². The van der Waals surface area contributed by atoms with Crippen LogP contribution in [0.2, 0.25) is 0 Å². The number of halogens is 1. The zero-order chi connectivity index (χ0) is 44.5. The number of benzene rings is 6. The molecule has 2 aliphatic rings. The van der Waals surface area contributed by atoms with E-state index in [2.05, 4.69) is 222 Å². The van der Waals surface area contributed by atoms with E-state index in [1.807, 2.05) is 0 Å². The van der Waals surface area contributed by atoms with Gasteiger partial charge in [-0.25, -0.2) is 0 Å². The highest BCUT2D eigenvalue weighted by molar-refractivity contribution is 8.93. The fourth-order valence-corrected chi connectivity index (χ4v) is 18.9. The average molecular weight is 964 g/mol. The Bertz CT molecular complexity index is 2090. The molecule has 2 aliphatic carbocycles. The van der Waals surface area contributed by atoms with E-state index in [1.165, 1.54) is 104 Å². The molecule has 336 valence electrons. The SMILES string of the molecule is Br.CC(C)=CCOC1=C([P+](c2ccccc2)(c2ccccc2)c2ccccc2)CCCCC1.CC(C)=CCOC1=C([P+](c2ccccc2)(c2ccccc2)c2ccccc2)CCCCC1. The van der Waals surface area contributed by atoms with Crippen molar-refractivity contribution in [2.45, 2.75) is 91.9 Å². The normalized spacial score (nSPS) is 14.3. The smallest absolute Gasteiger partial charge is 0.143 e. The molecule has 0 radical (unpaired) electrons. The summed E-state index contributed by atoms with van der Waals surface area (Å²) in [5.74, 6) is 2.45. The van der Waals surface area contributed by atoms with E-state index in [1.54, 1.807) is 0 Å². The highest BCUT2D eigenvalue weighted by Crippen LogP contribution is 2.67. The number of allylic oxidation sites excluding steroid dienone is 6. The fourth-order valence-electron chi connectivity index (χ4n) is 9.45. The van der Waals surface area contributed by atoms with Crippen molar-refractivity contribution in [1.82, 2.24) is 0 Å². The molecule has 5 heteroatoms. The molecule has 0 unspecified atom stereocenters. The van der Waals surface area contributed by atoms with Crippen LogP contribution in [0.3, 0.4) is 0 Å². The van der Waals surface area contributed by atoms with Gasteiger partial charge in [0.05, 0.1) is 0 Å². The van der Waals surface area contributed by atoms with Crippen LogP contribution < -0.4 is 31.8 Å². The molecule has 0 bridgehead atoms. The summed E-state index contributed by atoms with van der Waals surface area (Å²) in [4.78, 5) is 0. The average Bonchev–Trinajstić information content (AvgIpc) is 3.73. The standard InChI is InChI=1S/2C30H34OP.BrH/c2*1-25(2)23-24-31-29-21-13-6-14-22-30(29)32(26-15-7-3-8-16-26,27-17-9-4-10-18-27)28-19-11-5-12-20-28;/h2*3-5,7-12,15-20,23H,6,13-14,21-22,24H2,1-2H3;1H/q2*+1;. The zero-order valence-corrected chi connectivity index (χ0v) is 42.6. The minimum Gasteiger partial charge on any atom is -0.490 e. The lowest BCUT2D eigenvalue weighted by Gasteiger charge is -2.30. The van der Waals surface area contributed by atoms with Gasteiger partial charge in [0.25, 0.3) is 0 Å². The van der Waals surface area contributed by atoms with E-state index in [9.17, 15) is 0 Å². The minimum absolute atomic E-state index is 0. The summed E-state index contributed by atoms with van der Waals surface area (Å²) in [6.07, 6.45) is 16.0. The van der Waals surface area contributed by atoms with Gasteiger partial charge in [0.15, 0.2) is 0 Å². The molecule has 2 nitrogen and oxygen atoms in total. The maximum Gasteiger partial charge on any atom is 0.143 e. The van der Waals surface area contributed by atoms with E-state index < -0.39 is 14.5 Å². The van der Waals surface area contributed by atoms with Crippen LogP contribution in [-0.2, 0) is 9.47 Å². The predicted octanol–water partition coefficient (Wildman–Crippen LogP) is 14.9. The Kier molecular flexibility index (Phi) is 19.3. The zero-order valence-electron chi connectivity index (χ0n) is 39.1. The van der Waals surface area contributed by atoms with Gasteiger partial charge in [-0.3, -0.25) is 0 Å². The first-order chi connectivity index (χ1) is 31.5. The summed E-state index contributed by atoms with van der Waals surface area (Å²) in [6.45, 7) is 9.86. The van der Waals surface area contributed by atoms with Gasteiger partial charge in [-0.15, -0.1) is 17.0 Å². The lowest BCUT2D eigenvalue weighted by Crippen LogP contribution is -2.33. The van der Waals surface area contributed by atoms with E-state index in [4.69, 9.17) is 9.47 Å². The molecule has 0 amide bonds. The van der Waals surface area contributed by atoms with Gasteiger partial charge in [0.1, 0.15) is 81.7 Å². The Balaban J connectivity index is 0.000000212. The molecule has 0 heterocycles. The van der Waals surface area contributed by atoms with Crippen LogP contribution in [0.1, 0.15) is 91.9 Å². The molecule has 0 saturated carbocycles. The molecule has 0 fully saturated rings. The predicted molar refractivity (Wildman–Crippen MR) is 292 cm³/mol. The second kappa shape index (κ2) is 25.2. The van der Waals surface area contributed by atoms with Gasteiger partial charge in [0, 0.05) is 25.7 Å². The van der Waals surface area contributed by atoms with Crippen molar-refractivity contribution in [3.8, 4) is 0 Å². The van der Waals surface area contributed by atoms with Gasteiger partial charge in [-0.2, -0.15) is 0 Å². The van der Waals surface area contributed by atoms with Crippen LogP contribution in [0.5, 0.6) is 0 Å². The van der Waals surface area contributed by atoms with Crippen molar-refractivity contribution in [3.05, 3.63) is 227 Å². The molecular formula is C60H69BrO2P2+2. The lowest BCUT2D eigenvalue weighted by atomic mass is 10.2. The quantitative estimate of drug-likeness (QED) is 0.0800. The van der Waals surface area contributed by atoms with Crippen LogP contribution >= 0.6 is 31.5 Å². The van der Waals surface area contributed by atoms with Crippen molar-refractivity contribution in [2.24, 2.45) is 0 Å². The molecule has 0 atom stereocenters. The topological polar surface area (TPSA) is 18.5 Å². The van der Waals surface area contributed by atoms with Gasteiger partial charge < -0.3 is 9.47 Å². The maximum absolute atomic E-state index is 6.59. The summed E-state index contributed by atoms with van der Waals surface area (Å²) in [5.41, 5.74) is 2.60. The Morgan fingerprint density at radius 3 is 0.815 bits per heavy atom. The van der Waals surface area contributed by atoms with Crippen molar-refractivity contribution >= 4 is 63.3 Å². The van der Waals surface area contributed by atoms with Crippen molar-refractivity contribution in [1.29, 1.82) is 0 Å². The Labute approximate surface area is 403 Å². The Hall–Kier alpha value is -4.78. The highest BCUT2D eigenvalue weighted by Gasteiger charge is 2.52. The third kappa shape index (κ3) is 12.0. The molecule has 0 N–H and O–H groups in total. The molecule has 65 heavy (non-hydrogen) atoms. The molecule has 6 aromatic rings.